The zero-order valence-electron chi connectivity index (χ0n) is 11.5. The molecule has 17 heavy (non-hydrogen) atoms. The molecular formula is C12H26N2O3. The summed E-state index contributed by atoms with van der Waals surface area (Å²) in [6.45, 7) is 9.31. The number of rotatable bonds is 10. The lowest BCUT2D eigenvalue weighted by Gasteiger charge is -2.23. The Morgan fingerprint density at radius 3 is 2.24 bits per heavy atom. The van der Waals surface area contributed by atoms with Crippen molar-refractivity contribution in [3.63, 3.8) is 0 Å². The fourth-order valence-corrected chi connectivity index (χ4v) is 1.51. The van der Waals surface area contributed by atoms with Gasteiger partial charge in [0.1, 0.15) is 0 Å². The standard InChI is InChI=1S/C12H26N2O3/c1-5-14(10-11(15)13-4)9-8-12(16-6-2)17-7-3/h12H,5-10H2,1-4H3,(H,13,15). The average Bonchev–Trinajstić information content (AvgIpc) is 2.34. The van der Waals surface area contributed by atoms with Crippen LogP contribution in [0.2, 0.25) is 0 Å². The first-order chi connectivity index (χ1) is 8.17. The molecule has 0 aromatic carbocycles. The van der Waals surface area contributed by atoms with Crippen molar-refractivity contribution < 1.29 is 14.3 Å². The van der Waals surface area contributed by atoms with Gasteiger partial charge < -0.3 is 14.8 Å². The van der Waals surface area contributed by atoms with Crippen molar-refractivity contribution in [2.75, 3.05) is 39.9 Å². The van der Waals surface area contributed by atoms with Crippen LogP contribution in [-0.4, -0.2) is 57.0 Å². The lowest BCUT2D eigenvalue weighted by Crippen LogP contribution is -2.37. The second-order valence-electron chi connectivity index (χ2n) is 3.67. The Kier molecular flexibility index (Phi) is 10.1. The number of amides is 1. The molecule has 0 saturated carbocycles. The van der Waals surface area contributed by atoms with E-state index in [2.05, 4.69) is 10.2 Å². The van der Waals surface area contributed by atoms with Crippen molar-refractivity contribution >= 4 is 5.91 Å². The van der Waals surface area contributed by atoms with Crippen molar-refractivity contribution in [1.82, 2.24) is 10.2 Å². The molecule has 0 bridgehead atoms. The summed E-state index contributed by atoms with van der Waals surface area (Å²) in [5.74, 6) is 0.0382. The molecule has 0 aliphatic carbocycles. The van der Waals surface area contributed by atoms with Gasteiger partial charge in [0, 0.05) is 33.2 Å². The normalized spacial score (nSPS) is 11.2. The first-order valence-corrected chi connectivity index (χ1v) is 6.33. The van der Waals surface area contributed by atoms with Gasteiger partial charge in [-0.05, 0) is 20.4 Å². The summed E-state index contributed by atoms with van der Waals surface area (Å²) in [7, 11) is 1.65. The molecule has 0 spiro atoms. The van der Waals surface area contributed by atoms with E-state index < -0.39 is 0 Å². The van der Waals surface area contributed by atoms with Crippen LogP contribution in [-0.2, 0) is 14.3 Å². The molecule has 0 aromatic heterocycles. The van der Waals surface area contributed by atoms with Gasteiger partial charge in [0.25, 0.3) is 0 Å². The van der Waals surface area contributed by atoms with Crippen molar-refractivity contribution in [1.29, 1.82) is 0 Å². The molecule has 0 atom stereocenters. The molecule has 0 unspecified atom stereocenters. The fourth-order valence-electron chi connectivity index (χ4n) is 1.51. The van der Waals surface area contributed by atoms with E-state index in [9.17, 15) is 4.79 Å². The van der Waals surface area contributed by atoms with Gasteiger partial charge in [-0.2, -0.15) is 0 Å². The number of carbonyl (C=O) groups excluding carboxylic acids is 1. The van der Waals surface area contributed by atoms with Crippen LogP contribution in [0.3, 0.4) is 0 Å². The van der Waals surface area contributed by atoms with Crippen molar-refractivity contribution in [3.8, 4) is 0 Å². The number of nitrogens with one attached hydrogen (secondary N) is 1. The van der Waals surface area contributed by atoms with Crippen LogP contribution in [0, 0.1) is 0 Å². The van der Waals surface area contributed by atoms with Crippen molar-refractivity contribution in [2.24, 2.45) is 0 Å². The second-order valence-corrected chi connectivity index (χ2v) is 3.67. The van der Waals surface area contributed by atoms with Gasteiger partial charge in [0.15, 0.2) is 6.29 Å². The van der Waals surface area contributed by atoms with Crippen molar-refractivity contribution in [3.05, 3.63) is 0 Å². The van der Waals surface area contributed by atoms with Crippen LogP contribution in [0.25, 0.3) is 0 Å². The molecule has 0 aliphatic heterocycles. The molecule has 0 heterocycles. The van der Waals surface area contributed by atoms with Crippen LogP contribution in [0.4, 0.5) is 0 Å². The van der Waals surface area contributed by atoms with Crippen LogP contribution in [0.15, 0.2) is 0 Å². The van der Waals surface area contributed by atoms with E-state index in [1.165, 1.54) is 0 Å². The maximum Gasteiger partial charge on any atom is 0.233 e. The monoisotopic (exact) mass is 246 g/mol. The molecule has 0 aliphatic rings. The molecule has 0 rings (SSSR count). The number of nitrogens with zero attached hydrogens (tertiary/aromatic N) is 1. The Bertz CT molecular complexity index is 194. The van der Waals surface area contributed by atoms with Gasteiger partial charge in [-0.15, -0.1) is 0 Å². The minimum atomic E-state index is -0.163. The van der Waals surface area contributed by atoms with Crippen LogP contribution in [0.5, 0.6) is 0 Å². The number of hydrogen-bond acceptors (Lipinski definition) is 4. The van der Waals surface area contributed by atoms with Crippen LogP contribution >= 0.6 is 0 Å². The molecule has 5 nitrogen and oxygen atoms in total. The predicted molar refractivity (Wildman–Crippen MR) is 67.8 cm³/mol. The van der Waals surface area contributed by atoms with Gasteiger partial charge in [0.05, 0.1) is 6.54 Å². The van der Waals surface area contributed by atoms with E-state index in [1.54, 1.807) is 7.05 Å². The minimum Gasteiger partial charge on any atom is -0.358 e. The highest BCUT2D eigenvalue weighted by atomic mass is 16.7. The summed E-state index contributed by atoms with van der Waals surface area (Å²) in [6.07, 6.45) is 0.621. The maximum absolute atomic E-state index is 11.3. The summed E-state index contributed by atoms with van der Waals surface area (Å²) in [5.41, 5.74) is 0. The van der Waals surface area contributed by atoms with Crippen LogP contribution in [0.1, 0.15) is 27.2 Å². The number of ether oxygens (including phenoxy) is 2. The maximum atomic E-state index is 11.3. The molecule has 0 aromatic rings. The lowest BCUT2D eigenvalue weighted by atomic mass is 10.3. The Balaban J connectivity index is 3.96. The van der Waals surface area contributed by atoms with E-state index in [0.29, 0.717) is 19.8 Å². The average molecular weight is 246 g/mol. The molecule has 0 fully saturated rings. The van der Waals surface area contributed by atoms with Gasteiger partial charge in [-0.1, -0.05) is 6.92 Å². The Labute approximate surface area is 104 Å². The van der Waals surface area contributed by atoms with E-state index in [0.717, 1.165) is 19.5 Å². The third-order valence-electron chi connectivity index (χ3n) is 2.48. The molecular weight excluding hydrogens is 220 g/mol. The third-order valence-corrected chi connectivity index (χ3v) is 2.48. The Morgan fingerprint density at radius 1 is 1.24 bits per heavy atom. The second kappa shape index (κ2) is 10.5. The summed E-state index contributed by atoms with van der Waals surface area (Å²) in [5, 5.41) is 2.62. The highest BCUT2D eigenvalue weighted by Gasteiger charge is 2.12. The molecule has 102 valence electrons. The zero-order chi connectivity index (χ0) is 13.1. The highest BCUT2D eigenvalue weighted by molar-refractivity contribution is 5.77. The van der Waals surface area contributed by atoms with Gasteiger partial charge in [-0.3, -0.25) is 9.69 Å². The van der Waals surface area contributed by atoms with Gasteiger partial charge >= 0.3 is 0 Å². The Morgan fingerprint density at radius 2 is 1.82 bits per heavy atom. The molecule has 5 heteroatoms. The summed E-state index contributed by atoms with van der Waals surface area (Å²) in [4.78, 5) is 13.3. The summed E-state index contributed by atoms with van der Waals surface area (Å²) >= 11 is 0. The third kappa shape index (κ3) is 8.12. The smallest absolute Gasteiger partial charge is 0.233 e. The van der Waals surface area contributed by atoms with E-state index in [1.807, 2.05) is 20.8 Å². The van der Waals surface area contributed by atoms with Gasteiger partial charge in [0.2, 0.25) is 5.91 Å². The quantitative estimate of drug-likeness (QED) is 0.580. The highest BCUT2D eigenvalue weighted by Crippen LogP contribution is 2.03. The largest absolute Gasteiger partial charge is 0.358 e. The predicted octanol–water partition coefficient (Wildman–Crippen LogP) is 0.844. The fraction of sp³-hybridized carbons (Fsp3) is 0.917. The zero-order valence-corrected chi connectivity index (χ0v) is 11.5. The van der Waals surface area contributed by atoms with Gasteiger partial charge in [-0.25, -0.2) is 0 Å². The first kappa shape index (κ1) is 16.4. The molecule has 1 N–H and O–H groups in total. The molecule has 0 radical (unpaired) electrons. The number of likely N-dealkylation sites (N-methyl/N-ethyl adjacent to an activating group) is 2. The summed E-state index contributed by atoms with van der Waals surface area (Å²) in [6, 6.07) is 0. The SMILES string of the molecule is CCOC(CCN(CC)CC(=O)NC)OCC. The lowest BCUT2D eigenvalue weighted by molar-refractivity contribution is -0.142. The van der Waals surface area contributed by atoms with Crippen molar-refractivity contribution in [2.45, 2.75) is 33.5 Å². The number of hydrogen-bond donors (Lipinski definition) is 1. The van der Waals surface area contributed by atoms with E-state index >= 15 is 0 Å². The van der Waals surface area contributed by atoms with Crippen LogP contribution < -0.4 is 5.32 Å². The first-order valence-electron chi connectivity index (χ1n) is 6.33. The van der Waals surface area contributed by atoms with E-state index in [-0.39, 0.29) is 12.2 Å². The van der Waals surface area contributed by atoms with E-state index in [4.69, 9.17) is 9.47 Å². The molecule has 0 saturated heterocycles. The Hall–Kier alpha value is -0.650. The molecule has 1 amide bonds. The minimum absolute atomic E-state index is 0.0382. The number of carbonyl (C=O) groups is 1. The topological polar surface area (TPSA) is 50.8 Å². The summed E-state index contributed by atoms with van der Waals surface area (Å²) < 4.78 is 10.9.